The molecule has 0 aliphatic rings. The summed E-state index contributed by atoms with van der Waals surface area (Å²) in [6.07, 6.45) is 0.994. The Morgan fingerprint density at radius 2 is 2.17 bits per heavy atom. The van der Waals surface area contributed by atoms with Crippen LogP contribution in [0.2, 0.25) is 0 Å². The lowest BCUT2D eigenvalue weighted by atomic mass is 10.5. The van der Waals surface area contributed by atoms with Gasteiger partial charge in [-0.15, -0.1) is 0 Å². The van der Waals surface area contributed by atoms with Crippen LogP contribution in [0.15, 0.2) is 0 Å². The molecule has 0 bridgehead atoms. The summed E-state index contributed by atoms with van der Waals surface area (Å²) >= 11 is 0. The molecule has 0 saturated carbocycles. The molecule has 6 heavy (non-hydrogen) atoms. The topological polar surface area (TPSA) is 12.0 Å². The van der Waals surface area contributed by atoms with Gasteiger partial charge in [0.05, 0.1) is 6.54 Å². The van der Waals surface area contributed by atoms with Crippen LogP contribution in [0.25, 0.3) is 0 Å². The van der Waals surface area contributed by atoms with Crippen molar-refractivity contribution in [2.24, 2.45) is 0 Å². The van der Waals surface area contributed by atoms with Gasteiger partial charge in [0.25, 0.3) is 0 Å². The molecule has 0 fully saturated rings. The molecule has 0 saturated heterocycles. The first-order chi connectivity index (χ1) is 2.91. The molecule has 0 aromatic carbocycles. The minimum atomic E-state index is 0.994. The first-order valence-corrected chi connectivity index (χ1v) is 2.37. The molecule has 0 unspecified atom stereocenters. The summed E-state index contributed by atoms with van der Waals surface area (Å²) in [5, 5.41) is 2.95. The van der Waals surface area contributed by atoms with Crippen molar-refractivity contribution < 1.29 is 0 Å². The van der Waals surface area contributed by atoms with Gasteiger partial charge in [-0.2, -0.15) is 0 Å². The third-order valence-electron chi connectivity index (χ3n) is 0.479. The van der Waals surface area contributed by atoms with Crippen LogP contribution in [0.4, 0.5) is 0 Å². The Morgan fingerprint density at radius 1 is 1.50 bits per heavy atom. The highest BCUT2D eigenvalue weighted by molar-refractivity contribution is 4.53. The molecule has 2 radical (unpaired) electrons. The Bertz CT molecular complexity index is 15.9. The summed E-state index contributed by atoms with van der Waals surface area (Å²) in [6, 6.07) is 0. The van der Waals surface area contributed by atoms with Gasteiger partial charge in [-0.25, -0.2) is 0 Å². The van der Waals surface area contributed by atoms with Crippen molar-refractivity contribution in [2.45, 2.75) is 20.3 Å². The largest absolute Gasteiger partial charge is 0.308 e. The van der Waals surface area contributed by atoms with E-state index >= 15 is 0 Å². The van der Waals surface area contributed by atoms with E-state index in [1.807, 2.05) is 0 Å². The molecule has 0 aliphatic carbocycles. The average molecular weight is 85.1 g/mol. The van der Waals surface area contributed by atoms with E-state index in [1.165, 1.54) is 0 Å². The Hall–Kier alpha value is -0.0400. The minimum Gasteiger partial charge on any atom is -0.308 e. The number of hydrogen-bond acceptors (Lipinski definition) is 1. The second-order valence-electron chi connectivity index (χ2n) is 1.06. The monoisotopic (exact) mass is 85.1 g/mol. The van der Waals surface area contributed by atoms with E-state index in [-0.39, 0.29) is 0 Å². The lowest BCUT2D eigenvalue weighted by Crippen LogP contribution is -2.06. The molecular formula is C5H11N. The van der Waals surface area contributed by atoms with Crippen LogP contribution in [-0.2, 0) is 0 Å². The van der Waals surface area contributed by atoms with E-state index in [4.69, 9.17) is 0 Å². The van der Waals surface area contributed by atoms with E-state index in [9.17, 15) is 0 Å². The zero-order valence-electron chi connectivity index (χ0n) is 4.41. The third-order valence-corrected chi connectivity index (χ3v) is 0.479. The van der Waals surface area contributed by atoms with Crippen molar-refractivity contribution in [3.63, 3.8) is 0 Å². The Labute approximate surface area is 39.7 Å². The predicted molar refractivity (Wildman–Crippen MR) is 27.2 cm³/mol. The van der Waals surface area contributed by atoms with Gasteiger partial charge in [0.2, 0.25) is 0 Å². The lowest BCUT2D eigenvalue weighted by molar-refractivity contribution is 0.799. The molecule has 1 nitrogen and oxygen atoms in total. The Kier molecular flexibility index (Phi) is 4.93. The molecule has 0 rings (SSSR count). The molecule has 36 valence electrons. The second-order valence-corrected chi connectivity index (χ2v) is 1.06. The van der Waals surface area contributed by atoms with Crippen molar-refractivity contribution >= 4 is 0 Å². The molecular weight excluding hydrogens is 74.1 g/mol. The molecule has 0 heterocycles. The van der Waals surface area contributed by atoms with Gasteiger partial charge in [0, 0.05) is 0 Å². The standard InChI is InChI=1S/C5H11N/c1-3-5-6-4-2/h6H,3-4H2,1-2H3. The molecule has 0 amide bonds. The maximum Gasteiger partial charge on any atom is 0.0583 e. The Morgan fingerprint density at radius 3 is 2.33 bits per heavy atom. The highest BCUT2D eigenvalue weighted by Crippen LogP contribution is 1.73. The highest BCUT2D eigenvalue weighted by atomic mass is 14.8. The van der Waals surface area contributed by atoms with E-state index < -0.39 is 0 Å². The number of hydrogen-bond donors (Lipinski definition) is 1. The van der Waals surface area contributed by atoms with Crippen molar-refractivity contribution in [1.82, 2.24) is 5.32 Å². The van der Waals surface area contributed by atoms with Gasteiger partial charge >= 0.3 is 0 Å². The average Bonchev–Trinajstić information content (AvgIpc) is 1.61. The van der Waals surface area contributed by atoms with E-state index in [2.05, 4.69) is 25.7 Å². The first kappa shape index (κ1) is 5.96. The van der Waals surface area contributed by atoms with Crippen LogP contribution in [0, 0.1) is 6.54 Å². The highest BCUT2D eigenvalue weighted by Gasteiger charge is 1.73. The summed E-state index contributed by atoms with van der Waals surface area (Å²) in [5.41, 5.74) is 0. The fourth-order valence-corrected chi connectivity index (χ4v) is 0.250. The van der Waals surface area contributed by atoms with Gasteiger partial charge in [-0.3, -0.25) is 0 Å². The van der Waals surface area contributed by atoms with E-state index in [0.29, 0.717) is 0 Å². The third kappa shape index (κ3) is 3.96. The molecule has 0 aliphatic heterocycles. The molecule has 0 spiro atoms. The van der Waals surface area contributed by atoms with Crippen molar-refractivity contribution in [3.8, 4) is 0 Å². The molecule has 0 aromatic heterocycles. The molecule has 1 heteroatoms. The Balaban J connectivity index is 2.34. The molecule has 0 aromatic rings. The zero-order valence-corrected chi connectivity index (χ0v) is 4.41. The van der Waals surface area contributed by atoms with Gasteiger partial charge in [0.15, 0.2) is 0 Å². The second kappa shape index (κ2) is 4.96. The van der Waals surface area contributed by atoms with Crippen LogP contribution in [0.5, 0.6) is 0 Å². The summed E-state index contributed by atoms with van der Waals surface area (Å²) in [5.74, 6) is 0. The fourth-order valence-electron chi connectivity index (χ4n) is 0.250. The maximum absolute atomic E-state index is 2.95. The van der Waals surface area contributed by atoms with Gasteiger partial charge in [-0.1, -0.05) is 13.8 Å². The normalized spacial score (nSPS) is 9.00. The fraction of sp³-hybridized carbons (Fsp3) is 0.800. The quantitative estimate of drug-likeness (QED) is 0.399. The predicted octanol–water partition coefficient (Wildman–Crippen LogP) is 1.04. The van der Waals surface area contributed by atoms with Crippen LogP contribution < -0.4 is 5.32 Å². The van der Waals surface area contributed by atoms with Crippen LogP contribution in [-0.4, -0.2) is 6.54 Å². The maximum atomic E-state index is 2.95. The summed E-state index contributed by atoms with van der Waals surface area (Å²) in [7, 11) is 0. The summed E-state index contributed by atoms with van der Waals surface area (Å²) in [4.78, 5) is 0. The first-order valence-electron chi connectivity index (χ1n) is 2.37. The summed E-state index contributed by atoms with van der Waals surface area (Å²) < 4.78 is 0. The van der Waals surface area contributed by atoms with Crippen molar-refractivity contribution in [1.29, 1.82) is 0 Å². The summed E-state index contributed by atoms with van der Waals surface area (Å²) in [6.45, 7) is 8.06. The molecule has 1 N–H and O–H groups in total. The van der Waals surface area contributed by atoms with Gasteiger partial charge < -0.3 is 5.32 Å². The lowest BCUT2D eigenvalue weighted by Gasteiger charge is -1.89. The molecule has 0 atom stereocenters. The zero-order chi connectivity index (χ0) is 4.83. The van der Waals surface area contributed by atoms with E-state index in [1.54, 1.807) is 0 Å². The van der Waals surface area contributed by atoms with Gasteiger partial charge in [0.1, 0.15) is 0 Å². The van der Waals surface area contributed by atoms with E-state index in [0.717, 1.165) is 13.0 Å². The SMILES string of the molecule is CC[C]NCC. The van der Waals surface area contributed by atoms with Crippen molar-refractivity contribution in [3.05, 3.63) is 6.54 Å². The van der Waals surface area contributed by atoms with Gasteiger partial charge in [-0.05, 0) is 13.0 Å². The number of rotatable bonds is 3. The van der Waals surface area contributed by atoms with Crippen LogP contribution in [0.3, 0.4) is 0 Å². The van der Waals surface area contributed by atoms with Crippen molar-refractivity contribution in [2.75, 3.05) is 6.54 Å². The smallest absolute Gasteiger partial charge is 0.0583 e. The van der Waals surface area contributed by atoms with Crippen LogP contribution >= 0.6 is 0 Å². The number of nitrogens with one attached hydrogen (secondary N) is 1. The minimum absolute atomic E-state index is 0.994. The van der Waals surface area contributed by atoms with Crippen LogP contribution in [0.1, 0.15) is 20.3 Å².